The van der Waals surface area contributed by atoms with Gasteiger partial charge < -0.3 is 4.74 Å². The third-order valence-electron chi connectivity index (χ3n) is 2.55. The smallest absolute Gasteiger partial charge is 0.283 e. The molecular formula is C12H19BrN2O2. The van der Waals surface area contributed by atoms with Crippen molar-refractivity contribution in [3.8, 4) is 0 Å². The largest absolute Gasteiger partial charge is 0.356 e. The van der Waals surface area contributed by atoms with Crippen molar-refractivity contribution in [2.45, 2.75) is 46.3 Å². The lowest BCUT2D eigenvalue weighted by Gasteiger charge is -2.23. The van der Waals surface area contributed by atoms with Gasteiger partial charge in [-0.05, 0) is 47.7 Å². The Morgan fingerprint density at radius 3 is 2.76 bits per heavy atom. The number of hydrogen-bond donors (Lipinski definition) is 0. The van der Waals surface area contributed by atoms with Gasteiger partial charge in [0.1, 0.15) is 0 Å². The second-order valence-electron chi connectivity index (χ2n) is 3.71. The molecule has 96 valence electrons. The standard InChI is InChI=1S/C10H13BrN2O2.C2H6/c1-7-6-12-13(10(14)9(7)11)8-4-2-3-5-15-8;1-2/h6,8H,2-5H2,1H3;1-2H3. The van der Waals surface area contributed by atoms with Gasteiger partial charge in [0.25, 0.3) is 5.56 Å². The van der Waals surface area contributed by atoms with Crippen molar-refractivity contribution in [1.29, 1.82) is 0 Å². The number of nitrogens with zero attached hydrogens (tertiary/aromatic N) is 2. The zero-order valence-corrected chi connectivity index (χ0v) is 12.2. The molecule has 2 heterocycles. The highest BCUT2D eigenvalue weighted by Gasteiger charge is 2.19. The molecule has 5 heteroatoms. The van der Waals surface area contributed by atoms with E-state index in [1.165, 1.54) is 4.68 Å². The van der Waals surface area contributed by atoms with Crippen LogP contribution in [-0.4, -0.2) is 16.4 Å². The van der Waals surface area contributed by atoms with Crippen LogP contribution in [0.15, 0.2) is 15.5 Å². The van der Waals surface area contributed by atoms with E-state index in [4.69, 9.17) is 4.74 Å². The molecule has 0 amide bonds. The van der Waals surface area contributed by atoms with Gasteiger partial charge in [-0.25, -0.2) is 0 Å². The van der Waals surface area contributed by atoms with Crippen molar-refractivity contribution in [3.63, 3.8) is 0 Å². The summed E-state index contributed by atoms with van der Waals surface area (Å²) in [5.74, 6) is 0. The summed E-state index contributed by atoms with van der Waals surface area (Å²) in [6.45, 7) is 6.56. The third-order valence-corrected chi connectivity index (χ3v) is 3.51. The summed E-state index contributed by atoms with van der Waals surface area (Å²) < 4.78 is 7.52. The fourth-order valence-electron chi connectivity index (χ4n) is 1.65. The van der Waals surface area contributed by atoms with E-state index in [2.05, 4.69) is 21.0 Å². The summed E-state index contributed by atoms with van der Waals surface area (Å²) in [5, 5.41) is 4.11. The summed E-state index contributed by atoms with van der Waals surface area (Å²) in [7, 11) is 0. The van der Waals surface area contributed by atoms with E-state index in [-0.39, 0.29) is 11.8 Å². The number of ether oxygens (including phenoxy) is 1. The van der Waals surface area contributed by atoms with Crippen LogP contribution in [0.4, 0.5) is 0 Å². The first-order valence-electron chi connectivity index (χ1n) is 6.05. The quantitative estimate of drug-likeness (QED) is 0.801. The van der Waals surface area contributed by atoms with Crippen molar-refractivity contribution in [1.82, 2.24) is 9.78 Å². The molecule has 0 radical (unpaired) electrons. The third kappa shape index (κ3) is 3.39. The molecule has 4 nitrogen and oxygen atoms in total. The molecule has 0 bridgehead atoms. The molecule has 0 saturated carbocycles. The predicted molar refractivity (Wildman–Crippen MR) is 71.1 cm³/mol. The van der Waals surface area contributed by atoms with E-state index >= 15 is 0 Å². The number of rotatable bonds is 1. The van der Waals surface area contributed by atoms with Crippen LogP contribution in [-0.2, 0) is 4.74 Å². The number of hydrogen-bond acceptors (Lipinski definition) is 3. The first-order chi connectivity index (χ1) is 8.20. The van der Waals surface area contributed by atoms with Gasteiger partial charge >= 0.3 is 0 Å². The first kappa shape index (κ1) is 14.4. The van der Waals surface area contributed by atoms with Gasteiger partial charge in [-0.1, -0.05) is 13.8 Å². The van der Waals surface area contributed by atoms with Crippen molar-refractivity contribution in [2.24, 2.45) is 0 Å². The number of aromatic nitrogens is 2. The Labute approximate surface area is 110 Å². The maximum Gasteiger partial charge on any atom is 0.283 e. The molecule has 0 spiro atoms. The van der Waals surface area contributed by atoms with Crippen LogP contribution in [0.25, 0.3) is 0 Å². The second kappa shape index (κ2) is 6.91. The zero-order chi connectivity index (χ0) is 12.8. The first-order valence-corrected chi connectivity index (χ1v) is 6.85. The summed E-state index contributed by atoms with van der Waals surface area (Å²) >= 11 is 3.27. The molecule has 1 atom stereocenters. The van der Waals surface area contributed by atoms with Crippen molar-refractivity contribution in [2.75, 3.05) is 6.61 Å². The molecule has 1 fully saturated rings. The van der Waals surface area contributed by atoms with Crippen LogP contribution in [0.1, 0.15) is 44.9 Å². The van der Waals surface area contributed by atoms with Crippen LogP contribution in [0.5, 0.6) is 0 Å². The fraction of sp³-hybridized carbons (Fsp3) is 0.667. The molecular weight excluding hydrogens is 284 g/mol. The summed E-state index contributed by atoms with van der Waals surface area (Å²) in [6, 6.07) is 0. The lowest BCUT2D eigenvalue weighted by molar-refractivity contribution is -0.0426. The molecule has 2 rings (SSSR count). The minimum absolute atomic E-state index is 0.109. The maximum atomic E-state index is 11.9. The topological polar surface area (TPSA) is 44.1 Å². The van der Waals surface area contributed by atoms with Crippen LogP contribution in [0.2, 0.25) is 0 Å². The van der Waals surface area contributed by atoms with Crippen molar-refractivity contribution >= 4 is 15.9 Å². The molecule has 1 aliphatic heterocycles. The van der Waals surface area contributed by atoms with Gasteiger partial charge in [-0.3, -0.25) is 4.79 Å². The lowest BCUT2D eigenvalue weighted by Crippen LogP contribution is -2.31. The van der Waals surface area contributed by atoms with Gasteiger partial charge in [0, 0.05) is 6.61 Å². The lowest BCUT2D eigenvalue weighted by atomic mass is 10.2. The van der Waals surface area contributed by atoms with E-state index in [9.17, 15) is 4.79 Å². The Balaban J connectivity index is 0.000000686. The van der Waals surface area contributed by atoms with Crippen LogP contribution < -0.4 is 5.56 Å². The SMILES string of the molecule is CC.Cc1cnn(C2CCCCO2)c(=O)c1Br. The van der Waals surface area contributed by atoms with Gasteiger partial charge in [0.05, 0.1) is 10.7 Å². The molecule has 1 aromatic rings. The van der Waals surface area contributed by atoms with Gasteiger partial charge in [-0.2, -0.15) is 9.78 Å². The van der Waals surface area contributed by atoms with E-state index in [1.54, 1.807) is 6.20 Å². The molecule has 17 heavy (non-hydrogen) atoms. The minimum atomic E-state index is -0.192. The fourth-order valence-corrected chi connectivity index (χ4v) is 1.93. The molecule has 1 aromatic heterocycles. The van der Waals surface area contributed by atoms with Gasteiger partial charge in [0.15, 0.2) is 6.23 Å². The monoisotopic (exact) mass is 302 g/mol. The Morgan fingerprint density at radius 1 is 1.47 bits per heavy atom. The molecule has 1 unspecified atom stereocenters. The maximum absolute atomic E-state index is 11.9. The van der Waals surface area contributed by atoms with Crippen LogP contribution in [0, 0.1) is 6.92 Å². The predicted octanol–water partition coefficient (Wildman–Crippen LogP) is 3.04. The van der Waals surface area contributed by atoms with Crippen LogP contribution >= 0.6 is 15.9 Å². The highest BCUT2D eigenvalue weighted by Crippen LogP contribution is 2.20. The highest BCUT2D eigenvalue weighted by atomic mass is 79.9. The molecule has 0 aliphatic carbocycles. The molecule has 1 saturated heterocycles. The van der Waals surface area contributed by atoms with Crippen molar-refractivity contribution in [3.05, 3.63) is 26.6 Å². The van der Waals surface area contributed by atoms with Crippen LogP contribution in [0.3, 0.4) is 0 Å². The summed E-state index contributed by atoms with van der Waals surface area (Å²) in [6.07, 6.45) is 4.51. The zero-order valence-electron chi connectivity index (χ0n) is 10.6. The number of halogens is 1. The normalized spacial score (nSPS) is 19.4. The Bertz CT molecular complexity index is 411. The molecule has 0 N–H and O–H groups in total. The molecule has 0 aromatic carbocycles. The molecule has 1 aliphatic rings. The summed E-state index contributed by atoms with van der Waals surface area (Å²) in [5.41, 5.74) is 0.744. The van der Waals surface area contributed by atoms with Gasteiger partial charge in [-0.15, -0.1) is 0 Å². The second-order valence-corrected chi connectivity index (χ2v) is 4.51. The summed E-state index contributed by atoms with van der Waals surface area (Å²) in [4.78, 5) is 11.9. The Morgan fingerprint density at radius 2 is 2.18 bits per heavy atom. The van der Waals surface area contributed by atoms with E-state index in [1.807, 2.05) is 20.8 Å². The van der Waals surface area contributed by atoms with Gasteiger partial charge in [0.2, 0.25) is 0 Å². The van der Waals surface area contributed by atoms with Crippen molar-refractivity contribution < 1.29 is 4.74 Å². The Kier molecular flexibility index (Phi) is 5.85. The Hall–Kier alpha value is -0.680. The minimum Gasteiger partial charge on any atom is -0.356 e. The average Bonchev–Trinajstić information content (AvgIpc) is 2.40. The number of aryl methyl sites for hydroxylation is 1. The van der Waals surface area contributed by atoms with E-state index in [0.717, 1.165) is 24.8 Å². The van der Waals surface area contributed by atoms with E-state index in [0.29, 0.717) is 11.1 Å². The highest BCUT2D eigenvalue weighted by molar-refractivity contribution is 9.10. The average molecular weight is 303 g/mol. The van der Waals surface area contributed by atoms with E-state index < -0.39 is 0 Å².